The summed E-state index contributed by atoms with van der Waals surface area (Å²) in [6.45, 7) is 4.59. The molecule has 4 heteroatoms. The molecule has 0 aliphatic carbocycles. The molecule has 0 saturated carbocycles. The first kappa shape index (κ1) is 16.1. The van der Waals surface area contributed by atoms with Crippen LogP contribution >= 0.6 is 45.2 Å². The van der Waals surface area contributed by atoms with Gasteiger partial charge in [-0.15, -0.1) is 0 Å². The summed E-state index contributed by atoms with van der Waals surface area (Å²) in [6, 6.07) is 9.58. The van der Waals surface area contributed by atoms with Gasteiger partial charge in [-0.1, -0.05) is 0 Å². The SMILES string of the molecule is C[C@@H](CC[C@H](C)[n+]1cccc(I)c1)[n+]1cccc(I)c1. The average molecular weight is 494 g/mol. The molecule has 0 aliphatic rings. The van der Waals surface area contributed by atoms with Crippen molar-refractivity contribution < 1.29 is 9.13 Å². The van der Waals surface area contributed by atoms with E-state index in [1.54, 1.807) is 0 Å². The maximum atomic E-state index is 2.37. The summed E-state index contributed by atoms with van der Waals surface area (Å²) in [7, 11) is 0. The van der Waals surface area contributed by atoms with Crippen molar-refractivity contribution in [3.63, 3.8) is 0 Å². The van der Waals surface area contributed by atoms with Gasteiger partial charge < -0.3 is 0 Å². The van der Waals surface area contributed by atoms with E-state index in [0.29, 0.717) is 12.1 Å². The van der Waals surface area contributed by atoms with Crippen LogP contribution in [0.25, 0.3) is 0 Å². The summed E-state index contributed by atoms with van der Waals surface area (Å²) in [5.74, 6) is 0. The van der Waals surface area contributed by atoms with E-state index in [2.05, 4.69) is 117 Å². The first-order valence-electron chi connectivity index (χ1n) is 6.89. The molecule has 0 aromatic carbocycles. The minimum Gasteiger partial charge on any atom is -0.202 e. The van der Waals surface area contributed by atoms with Gasteiger partial charge in [0.15, 0.2) is 36.9 Å². The van der Waals surface area contributed by atoms with Gasteiger partial charge in [-0.25, -0.2) is 9.13 Å². The summed E-state index contributed by atoms with van der Waals surface area (Å²) >= 11 is 4.74. The molecule has 0 radical (unpaired) electrons. The van der Waals surface area contributed by atoms with Gasteiger partial charge in [0.25, 0.3) is 0 Å². The molecule has 0 aliphatic heterocycles. The lowest BCUT2D eigenvalue weighted by Crippen LogP contribution is -2.40. The molecule has 0 amide bonds. The third-order valence-corrected chi connectivity index (χ3v) is 4.87. The Balaban J connectivity index is 1.94. The molecule has 2 heterocycles. The summed E-state index contributed by atoms with van der Waals surface area (Å²) in [5, 5.41) is 0. The standard InChI is InChI=1S/C16H20I2N2/c1-13(19-9-3-5-15(17)11-19)7-8-14(2)20-10-4-6-16(18)12-20/h3-6,9-14H,7-8H2,1-2H3/q+2/t13-,14-/m0/s1. The van der Waals surface area contributed by atoms with Crippen LogP contribution in [0.5, 0.6) is 0 Å². The quantitative estimate of drug-likeness (QED) is 0.438. The zero-order chi connectivity index (χ0) is 14.5. The van der Waals surface area contributed by atoms with Gasteiger partial charge in [0.1, 0.15) is 0 Å². The maximum Gasteiger partial charge on any atom is 0.182 e. The Morgan fingerprint density at radius 2 is 1.25 bits per heavy atom. The number of nitrogens with zero attached hydrogens (tertiary/aromatic N) is 2. The predicted molar refractivity (Wildman–Crippen MR) is 97.4 cm³/mol. The third-order valence-electron chi connectivity index (χ3n) is 3.59. The van der Waals surface area contributed by atoms with E-state index >= 15 is 0 Å². The van der Waals surface area contributed by atoms with Gasteiger partial charge >= 0.3 is 0 Å². The molecule has 0 fully saturated rings. The van der Waals surface area contributed by atoms with Gasteiger partial charge in [-0.05, 0) is 71.2 Å². The van der Waals surface area contributed by atoms with E-state index in [9.17, 15) is 0 Å². The van der Waals surface area contributed by atoms with Crippen LogP contribution in [-0.4, -0.2) is 0 Å². The molecule has 0 unspecified atom stereocenters. The Morgan fingerprint density at radius 3 is 1.60 bits per heavy atom. The fourth-order valence-corrected chi connectivity index (χ4v) is 3.31. The monoisotopic (exact) mass is 494 g/mol. The smallest absolute Gasteiger partial charge is 0.182 e. The van der Waals surface area contributed by atoms with E-state index in [4.69, 9.17) is 0 Å². The van der Waals surface area contributed by atoms with Crippen molar-refractivity contribution in [1.82, 2.24) is 0 Å². The van der Waals surface area contributed by atoms with Crippen molar-refractivity contribution in [2.75, 3.05) is 0 Å². The van der Waals surface area contributed by atoms with E-state index in [1.807, 2.05) is 0 Å². The Morgan fingerprint density at radius 1 is 0.850 bits per heavy atom. The number of hydrogen-bond donors (Lipinski definition) is 0. The Labute approximate surface area is 148 Å². The number of aromatic nitrogens is 2. The summed E-state index contributed by atoms with van der Waals surface area (Å²) in [4.78, 5) is 0. The summed E-state index contributed by atoms with van der Waals surface area (Å²) < 4.78 is 7.20. The number of hydrogen-bond acceptors (Lipinski definition) is 0. The molecule has 106 valence electrons. The Kier molecular flexibility index (Phi) is 6.20. The van der Waals surface area contributed by atoms with Gasteiger partial charge in [0.2, 0.25) is 0 Å². The minimum absolute atomic E-state index is 0.538. The van der Waals surface area contributed by atoms with Gasteiger partial charge in [-0.3, -0.25) is 0 Å². The lowest BCUT2D eigenvalue weighted by atomic mass is 10.1. The fraction of sp³-hybridized carbons (Fsp3) is 0.375. The molecule has 2 aromatic heterocycles. The number of pyridine rings is 2. The molecule has 0 bridgehead atoms. The number of rotatable bonds is 5. The normalized spacial score (nSPS) is 14.0. The second-order valence-electron chi connectivity index (χ2n) is 5.21. The molecule has 0 saturated heterocycles. The van der Waals surface area contributed by atoms with Crippen LogP contribution in [0.3, 0.4) is 0 Å². The van der Waals surface area contributed by atoms with Gasteiger partial charge in [0.05, 0.1) is 7.14 Å². The molecule has 2 aromatic rings. The highest BCUT2D eigenvalue weighted by Crippen LogP contribution is 2.13. The van der Waals surface area contributed by atoms with Gasteiger partial charge in [-0.2, -0.15) is 0 Å². The largest absolute Gasteiger partial charge is 0.202 e. The molecule has 2 rings (SSSR count). The highest BCUT2D eigenvalue weighted by molar-refractivity contribution is 14.1. The average Bonchev–Trinajstić information content (AvgIpc) is 2.44. The van der Waals surface area contributed by atoms with Gasteiger partial charge in [0, 0.05) is 25.0 Å². The lowest BCUT2D eigenvalue weighted by molar-refractivity contribution is -0.732. The highest BCUT2D eigenvalue weighted by Gasteiger charge is 2.18. The molecule has 2 atom stereocenters. The zero-order valence-electron chi connectivity index (χ0n) is 11.8. The van der Waals surface area contributed by atoms with E-state index in [1.165, 1.54) is 20.0 Å². The highest BCUT2D eigenvalue weighted by atomic mass is 127. The Hall–Kier alpha value is -0.240. The van der Waals surface area contributed by atoms with Crippen molar-refractivity contribution >= 4 is 45.2 Å². The summed E-state index contributed by atoms with van der Waals surface area (Å²) in [6.07, 6.45) is 11.1. The van der Waals surface area contributed by atoms with E-state index in [0.717, 1.165) is 0 Å². The second-order valence-corrected chi connectivity index (χ2v) is 7.71. The van der Waals surface area contributed by atoms with Crippen LogP contribution in [0.4, 0.5) is 0 Å². The van der Waals surface area contributed by atoms with Crippen LogP contribution in [0.15, 0.2) is 49.1 Å². The molecule has 0 N–H and O–H groups in total. The van der Waals surface area contributed by atoms with Crippen molar-refractivity contribution in [3.8, 4) is 0 Å². The molecular weight excluding hydrogens is 474 g/mol. The first-order chi connectivity index (χ1) is 9.56. The third kappa shape index (κ3) is 4.65. The van der Waals surface area contributed by atoms with Crippen molar-refractivity contribution in [2.24, 2.45) is 0 Å². The topological polar surface area (TPSA) is 7.76 Å². The predicted octanol–water partition coefficient (Wildman–Crippen LogP) is 4.07. The minimum atomic E-state index is 0.538. The van der Waals surface area contributed by atoms with Crippen LogP contribution in [0.2, 0.25) is 0 Å². The fourth-order valence-electron chi connectivity index (χ4n) is 2.25. The van der Waals surface area contributed by atoms with E-state index in [-0.39, 0.29) is 0 Å². The van der Waals surface area contributed by atoms with Crippen LogP contribution < -0.4 is 9.13 Å². The molecule has 0 spiro atoms. The molecule has 20 heavy (non-hydrogen) atoms. The van der Waals surface area contributed by atoms with E-state index < -0.39 is 0 Å². The second kappa shape index (κ2) is 7.68. The summed E-state index contributed by atoms with van der Waals surface area (Å²) in [5.41, 5.74) is 0. The number of halogens is 2. The van der Waals surface area contributed by atoms with Crippen molar-refractivity contribution in [2.45, 2.75) is 38.8 Å². The molecule has 2 nitrogen and oxygen atoms in total. The van der Waals surface area contributed by atoms with Crippen LogP contribution in [0.1, 0.15) is 38.8 Å². The zero-order valence-corrected chi connectivity index (χ0v) is 16.2. The Bertz CT molecular complexity index is 520. The molecular formula is C16H20I2N2+2. The first-order valence-corrected chi connectivity index (χ1v) is 9.04. The maximum absolute atomic E-state index is 2.37. The van der Waals surface area contributed by atoms with Crippen molar-refractivity contribution in [3.05, 3.63) is 56.2 Å². The van der Waals surface area contributed by atoms with Crippen LogP contribution in [0, 0.1) is 7.14 Å². The van der Waals surface area contributed by atoms with Crippen molar-refractivity contribution in [1.29, 1.82) is 0 Å². The van der Waals surface area contributed by atoms with Crippen LogP contribution in [-0.2, 0) is 0 Å². The lowest BCUT2D eigenvalue weighted by Gasteiger charge is -2.10.